The second-order valence-corrected chi connectivity index (χ2v) is 8.71. The third-order valence-corrected chi connectivity index (χ3v) is 1.98. The molecule has 0 unspecified atom stereocenters. The first-order valence-electron chi connectivity index (χ1n) is 4.37. The van der Waals surface area contributed by atoms with Crippen molar-refractivity contribution in [3.05, 3.63) is 24.5 Å². The van der Waals surface area contributed by atoms with Crippen LogP contribution >= 0.6 is 0 Å². The van der Waals surface area contributed by atoms with E-state index in [-0.39, 0.29) is 0 Å². The van der Waals surface area contributed by atoms with E-state index in [0.717, 1.165) is 5.76 Å². The summed E-state index contributed by atoms with van der Waals surface area (Å²) in [5.41, 5.74) is 0. The minimum Gasteiger partial charge on any atom is -0.545 e. The van der Waals surface area contributed by atoms with Crippen LogP contribution in [0.1, 0.15) is 13.8 Å². The number of allylic oxidation sites excluding steroid dienone is 2. The summed E-state index contributed by atoms with van der Waals surface area (Å²) in [6.45, 7) is 14.6. The molecule has 0 atom stereocenters. The molecule has 0 aliphatic rings. The average molecular weight is 184 g/mol. The summed E-state index contributed by atoms with van der Waals surface area (Å²) in [4.78, 5) is 0. The van der Waals surface area contributed by atoms with E-state index < -0.39 is 8.32 Å². The molecule has 1 nitrogen and oxygen atoms in total. The second kappa shape index (κ2) is 4.50. The van der Waals surface area contributed by atoms with Crippen LogP contribution in [0, 0.1) is 5.92 Å². The molecule has 0 amide bonds. The van der Waals surface area contributed by atoms with Gasteiger partial charge in [0.05, 0.1) is 5.76 Å². The lowest BCUT2D eigenvalue weighted by Gasteiger charge is -2.19. The van der Waals surface area contributed by atoms with Crippen molar-refractivity contribution in [2.75, 3.05) is 0 Å². The first-order chi connectivity index (χ1) is 5.31. The highest BCUT2D eigenvalue weighted by Gasteiger charge is 2.15. The van der Waals surface area contributed by atoms with E-state index in [0.29, 0.717) is 5.92 Å². The maximum atomic E-state index is 5.65. The molecule has 0 aliphatic heterocycles. The molecule has 0 aromatic rings. The zero-order valence-corrected chi connectivity index (χ0v) is 9.85. The fourth-order valence-corrected chi connectivity index (χ4v) is 1.58. The highest BCUT2D eigenvalue weighted by atomic mass is 28.4. The van der Waals surface area contributed by atoms with Gasteiger partial charge in [-0.15, -0.1) is 0 Å². The highest BCUT2D eigenvalue weighted by Crippen LogP contribution is 2.10. The predicted molar refractivity (Wildman–Crippen MR) is 57.5 cm³/mol. The van der Waals surface area contributed by atoms with Crippen LogP contribution in [0.2, 0.25) is 19.6 Å². The molecule has 0 aromatic heterocycles. The Balaban J connectivity index is 3.91. The zero-order chi connectivity index (χ0) is 9.78. The Morgan fingerprint density at radius 3 is 2.17 bits per heavy atom. The fourth-order valence-electron chi connectivity index (χ4n) is 0.727. The fraction of sp³-hybridized carbons (Fsp3) is 0.600. The van der Waals surface area contributed by atoms with Crippen molar-refractivity contribution < 1.29 is 4.43 Å². The summed E-state index contributed by atoms with van der Waals surface area (Å²) >= 11 is 0. The van der Waals surface area contributed by atoms with E-state index >= 15 is 0 Å². The molecule has 0 fully saturated rings. The summed E-state index contributed by atoms with van der Waals surface area (Å²) in [5, 5.41) is 0. The largest absolute Gasteiger partial charge is 0.545 e. The maximum absolute atomic E-state index is 5.65. The molecule has 0 bridgehead atoms. The van der Waals surface area contributed by atoms with Gasteiger partial charge >= 0.3 is 0 Å². The van der Waals surface area contributed by atoms with Gasteiger partial charge in [0.2, 0.25) is 8.32 Å². The van der Waals surface area contributed by atoms with E-state index in [1.54, 1.807) is 0 Å². The van der Waals surface area contributed by atoms with Crippen molar-refractivity contribution in [3.63, 3.8) is 0 Å². The van der Waals surface area contributed by atoms with E-state index in [1.807, 2.05) is 6.08 Å². The molecule has 0 heterocycles. The van der Waals surface area contributed by atoms with Crippen molar-refractivity contribution in [3.8, 4) is 0 Å². The molecule has 0 saturated heterocycles. The van der Waals surface area contributed by atoms with Crippen LogP contribution in [0.25, 0.3) is 0 Å². The molecule has 0 saturated carbocycles. The van der Waals surface area contributed by atoms with Crippen molar-refractivity contribution in [1.29, 1.82) is 0 Å². The number of rotatable bonds is 4. The molecule has 0 N–H and O–H groups in total. The van der Waals surface area contributed by atoms with Crippen molar-refractivity contribution in [1.82, 2.24) is 0 Å². The van der Waals surface area contributed by atoms with Crippen molar-refractivity contribution in [2.24, 2.45) is 5.92 Å². The summed E-state index contributed by atoms with van der Waals surface area (Å²) < 4.78 is 5.65. The smallest absolute Gasteiger partial charge is 0.242 e. The monoisotopic (exact) mass is 184 g/mol. The maximum Gasteiger partial charge on any atom is 0.242 e. The van der Waals surface area contributed by atoms with Gasteiger partial charge in [0.15, 0.2) is 0 Å². The highest BCUT2D eigenvalue weighted by molar-refractivity contribution is 6.70. The first-order valence-corrected chi connectivity index (χ1v) is 7.78. The third kappa shape index (κ3) is 7.60. The minimum atomic E-state index is -1.44. The molecule has 0 aliphatic carbocycles. The standard InChI is InChI=1S/C10H20OSi/c1-9(2)7-8-10(3)11-12(4,5)6/h7-9H,3H2,1-2,4-6H3/b8-7+. The Bertz CT molecular complexity index is 175. The SMILES string of the molecule is C=C(/C=C/C(C)C)O[Si](C)(C)C. The lowest BCUT2D eigenvalue weighted by molar-refractivity contribution is 0.443. The van der Waals surface area contributed by atoms with E-state index in [1.165, 1.54) is 0 Å². The Kier molecular flexibility index (Phi) is 4.32. The molecule has 70 valence electrons. The number of hydrogen-bond acceptors (Lipinski definition) is 1. The van der Waals surface area contributed by atoms with E-state index in [4.69, 9.17) is 4.43 Å². The van der Waals surface area contributed by atoms with Gasteiger partial charge in [-0.3, -0.25) is 0 Å². The topological polar surface area (TPSA) is 9.23 Å². The molecule has 0 spiro atoms. The van der Waals surface area contributed by atoms with Gasteiger partial charge in [0.25, 0.3) is 0 Å². The van der Waals surface area contributed by atoms with Crippen LogP contribution in [-0.2, 0) is 4.43 Å². The molecule has 0 radical (unpaired) electrons. The predicted octanol–water partition coefficient (Wildman–Crippen LogP) is 3.56. The summed E-state index contributed by atoms with van der Waals surface area (Å²) in [5.74, 6) is 1.36. The zero-order valence-electron chi connectivity index (χ0n) is 8.85. The Hall–Kier alpha value is -0.503. The van der Waals surface area contributed by atoms with Crippen LogP contribution < -0.4 is 0 Å². The van der Waals surface area contributed by atoms with Gasteiger partial charge in [-0.1, -0.05) is 26.5 Å². The van der Waals surface area contributed by atoms with E-state index in [2.05, 4.69) is 46.1 Å². The first kappa shape index (κ1) is 11.5. The molecular formula is C10H20OSi. The van der Waals surface area contributed by atoms with Crippen LogP contribution in [0.4, 0.5) is 0 Å². The van der Waals surface area contributed by atoms with Gasteiger partial charge in [0.1, 0.15) is 0 Å². The third-order valence-electron chi connectivity index (χ3n) is 1.10. The summed E-state index contributed by atoms with van der Waals surface area (Å²) in [7, 11) is -1.44. The van der Waals surface area contributed by atoms with Crippen LogP contribution in [0.5, 0.6) is 0 Å². The Labute approximate surface area is 77.3 Å². The van der Waals surface area contributed by atoms with Crippen LogP contribution in [0.3, 0.4) is 0 Å². The van der Waals surface area contributed by atoms with Gasteiger partial charge in [0, 0.05) is 0 Å². The Morgan fingerprint density at radius 1 is 1.33 bits per heavy atom. The van der Waals surface area contributed by atoms with Crippen LogP contribution in [-0.4, -0.2) is 8.32 Å². The van der Waals surface area contributed by atoms with Crippen molar-refractivity contribution in [2.45, 2.75) is 33.5 Å². The molecule has 12 heavy (non-hydrogen) atoms. The van der Waals surface area contributed by atoms with Gasteiger partial charge < -0.3 is 4.43 Å². The van der Waals surface area contributed by atoms with Crippen LogP contribution in [0.15, 0.2) is 24.5 Å². The second-order valence-electron chi connectivity index (χ2n) is 4.28. The summed E-state index contributed by atoms with van der Waals surface area (Å²) in [6.07, 6.45) is 4.06. The molecule has 0 aromatic carbocycles. The summed E-state index contributed by atoms with van der Waals surface area (Å²) in [6, 6.07) is 0. The average Bonchev–Trinajstić information content (AvgIpc) is 1.79. The quantitative estimate of drug-likeness (QED) is 0.369. The van der Waals surface area contributed by atoms with Gasteiger partial charge in [-0.25, -0.2) is 0 Å². The van der Waals surface area contributed by atoms with Gasteiger partial charge in [-0.05, 0) is 31.6 Å². The van der Waals surface area contributed by atoms with Crippen molar-refractivity contribution >= 4 is 8.32 Å². The van der Waals surface area contributed by atoms with Gasteiger partial charge in [-0.2, -0.15) is 0 Å². The molecule has 2 heteroatoms. The Morgan fingerprint density at radius 2 is 1.83 bits per heavy atom. The lowest BCUT2D eigenvalue weighted by Crippen LogP contribution is -2.24. The van der Waals surface area contributed by atoms with E-state index in [9.17, 15) is 0 Å². The molecule has 0 rings (SSSR count). The molecular weight excluding hydrogens is 164 g/mol. The minimum absolute atomic E-state index is 0.562. The normalized spacial score (nSPS) is 12.5. The number of hydrogen-bond donors (Lipinski definition) is 0. The lowest BCUT2D eigenvalue weighted by atomic mass is 10.2.